The summed E-state index contributed by atoms with van der Waals surface area (Å²) in [6.07, 6.45) is 18.6. The van der Waals surface area contributed by atoms with Crippen molar-refractivity contribution in [3.63, 3.8) is 0 Å². The summed E-state index contributed by atoms with van der Waals surface area (Å²) in [5.41, 5.74) is 0. The van der Waals surface area contributed by atoms with Crippen LogP contribution in [0.15, 0.2) is 0 Å². The van der Waals surface area contributed by atoms with Crippen molar-refractivity contribution in [3.05, 3.63) is 0 Å². The first-order chi connectivity index (χ1) is 10.2. The molecule has 0 amide bonds. The molecule has 2 unspecified atom stereocenters. The molecule has 1 N–H and O–H groups in total. The van der Waals surface area contributed by atoms with Crippen molar-refractivity contribution in [1.82, 2.24) is 5.32 Å². The number of nitrogens with one attached hydrogen (secondary N) is 1. The van der Waals surface area contributed by atoms with E-state index in [0.29, 0.717) is 0 Å². The summed E-state index contributed by atoms with van der Waals surface area (Å²) >= 11 is 0. The van der Waals surface area contributed by atoms with Crippen molar-refractivity contribution in [2.75, 3.05) is 6.54 Å². The van der Waals surface area contributed by atoms with E-state index in [-0.39, 0.29) is 0 Å². The van der Waals surface area contributed by atoms with Gasteiger partial charge in [0.25, 0.3) is 0 Å². The highest BCUT2D eigenvalue weighted by Gasteiger charge is 2.20. The summed E-state index contributed by atoms with van der Waals surface area (Å²) in [4.78, 5) is 0. The number of hydrogen-bond donors (Lipinski definition) is 1. The standard InChI is InChI=1S/C20H41N/c1-4-5-6-7-8-9-10-11-17-21-20-14-12-13-19(15-16-20)18(2)3/h18-21H,4-17H2,1-3H3. The Morgan fingerprint density at radius 2 is 1.48 bits per heavy atom. The number of unbranched alkanes of at least 4 members (excludes halogenated alkanes) is 7. The monoisotopic (exact) mass is 295 g/mol. The summed E-state index contributed by atoms with van der Waals surface area (Å²) in [6, 6.07) is 0.818. The fourth-order valence-corrected chi connectivity index (χ4v) is 3.77. The predicted octanol–water partition coefficient (Wildman–Crippen LogP) is 6.32. The SMILES string of the molecule is CCCCCCCCCCNC1CCCC(C(C)C)CC1. The lowest BCUT2D eigenvalue weighted by atomic mass is 9.89. The first-order valence-corrected chi connectivity index (χ1v) is 9.97. The summed E-state index contributed by atoms with van der Waals surface area (Å²) < 4.78 is 0. The van der Waals surface area contributed by atoms with Gasteiger partial charge in [0, 0.05) is 6.04 Å². The van der Waals surface area contributed by atoms with Gasteiger partial charge in [-0.2, -0.15) is 0 Å². The Hall–Kier alpha value is -0.0400. The topological polar surface area (TPSA) is 12.0 Å². The zero-order valence-corrected chi connectivity index (χ0v) is 15.1. The fraction of sp³-hybridized carbons (Fsp3) is 1.00. The van der Waals surface area contributed by atoms with Crippen molar-refractivity contribution in [3.8, 4) is 0 Å². The molecule has 0 aromatic carbocycles. The van der Waals surface area contributed by atoms with Crippen LogP contribution in [0.1, 0.15) is 104 Å². The predicted molar refractivity (Wildman–Crippen MR) is 95.8 cm³/mol. The normalized spacial score (nSPS) is 23.4. The van der Waals surface area contributed by atoms with Gasteiger partial charge in [-0.15, -0.1) is 0 Å². The fourth-order valence-electron chi connectivity index (χ4n) is 3.77. The van der Waals surface area contributed by atoms with Crippen LogP contribution in [-0.4, -0.2) is 12.6 Å². The third-order valence-corrected chi connectivity index (χ3v) is 5.42. The lowest BCUT2D eigenvalue weighted by Crippen LogP contribution is -2.29. The van der Waals surface area contributed by atoms with Gasteiger partial charge in [0.1, 0.15) is 0 Å². The van der Waals surface area contributed by atoms with Gasteiger partial charge >= 0.3 is 0 Å². The molecule has 0 bridgehead atoms. The second kappa shape index (κ2) is 12.5. The highest BCUT2D eigenvalue weighted by Crippen LogP contribution is 2.28. The molecule has 21 heavy (non-hydrogen) atoms. The third-order valence-electron chi connectivity index (χ3n) is 5.42. The van der Waals surface area contributed by atoms with Crippen LogP contribution in [0.3, 0.4) is 0 Å². The first kappa shape index (κ1) is 19.0. The third kappa shape index (κ3) is 9.55. The van der Waals surface area contributed by atoms with Gasteiger partial charge in [0.2, 0.25) is 0 Å². The van der Waals surface area contributed by atoms with Gasteiger partial charge in [-0.25, -0.2) is 0 Å². The lowest BCUT2D eigenvalue weighted by molar-refractivity contribution is 0.337. The summed E-state index contributed by atoms with van der Waals surface area (Å²) in [5, 5.41) is 3.83. The average Bonchev–Trinajstić information content (AvgIpc) is 2.71. The van der Waals surface area contributed by atoms with Crippen LogP contribution in [0, 0.1) is 11.8 Å². The maximum absolute atomic E-state index is 3.83. The van der Waals surface area contributed by atoms with Crippen LogP contribution < -0.4 is 5.32 Å². The Kier molecular flexibility index (Phi) is 11.3. The van der Waals surface area contributed by atoms with Gasteiger partial charge in [-0.3, -0.25) is 0 Å². The molecule has 0 heterocycles. The molecule has 1 rings (SSSR count). The molecule has 1 fully saturated rings. The quantitative estimate of drug-likeness (QED) is 0.347. The number of hydrogen-bond acceptors (Lipinski definition) is 1. The largest absolute Gasteiger partial charge is 0.314 e. The van der Waals surface area contributed by atoms with Crippen LogP contribution in [-0.2, 0) is 0 Å². The Morgan fingerprint density at radius 3 is 2.14 bits per heavy atom. The summed E-state index contributed by atoms with van der Waals surface area (Å²) in [7, 11) is 0. The van der Waals surface area contributed by atoms with Gasteiger partial charge in [0.05, 0.1) is 0 Å². The van der Waals surface area contributed by atoms with E-state index in [1.165, 1.54) is 90.0 Å². The van der Waals surface area contributed by atoms with Crippen molar-refractivity contribution >= 4 is 0 Å². The van der Waals surface area contributed by atoms with Crippen LogP contribution in [0.5, 0.6) is 0 Å². The second-order valence-corrected chi connectivity index (χ2v) is 7.64. The molecular weight excluding hydrogens is 254 g/mol. The molecule has 0 aromatic rings. The van der Waals surface area contributed by atoms with Crippen molar-refractivity contribution in [2.24, 2.45) is 11.8 Å². The molecule has 126 valence electrons. The van der Waals surface area contributed by atoms with Crippen molar-refractivity contribution < 1.29 is 0 Å². The zero-order valence-electron chi connectivity index (χ0n) is 15.1. The van der Waals surface area contributed by atoms with E-state index in [0.717, 1.165) is 17.9 Å². The minimum atomic E-state index is 0.818. The summed E-state index contributed by atoms with van der Waals surface area (Å²) in [5.74, 6) is 1.87. The highest BCUT2D eigenvalue weighted by molar-refractivity contribution is 4.76. The molecule has 2 atom stereocenters. The van der Waals surface area contributed by atoms with Crippen LogP contribution >= 0.6 is 0 Å². The molecule has 1 aliphatic carbocycles. The smallest absolute Gasteiger partial charge is 0.00671 e. The van der Waals surface area contributed by atoms with Crippen molar-refractivity contribution in [1.29, 1.82) is 0 Å². The second-order valence-electron chi connectivity index (χ2n) is 7.64. The molecule has 0 spiro atoms. The van der Waals surface area contributed by atoms with E-state index in [9.17, 15) is 0 Å². The molecule has 0 aromatic heterocycles. The van der Waals surface area contributed by atoms with E-state index in [2.05, 4.69) is 26.1 Å². The highest BCUT2D eigenvalue weighted by atomic mass is 14.9. The molecule has 1 nitrogen and oxygen atoms in total. The Bertz CT molecular complexity index is 224. The molecular formula is C20H41N. The molecule has 1 heteroatoms. The van der Waals surface area contributed by atoms with E-state index in [1.54, 1.807) is 0 Å². The van der Waals surface area contributed by atoms with E-state index in [4.69, 9.17) is 0 Å². The molecule has 0 radical (unpaired) electrons. The Balaban J connectivity index is 1.93. The lowest BCUT2D eigenvalue weighted by Gasteiger charge is -2.19. The maximum atomic E-state index is 3.83. The van der Waals surface area contributed by atoms with Crippen molar-refractivity contribution in [2.45, 2.75) is 110 Å². The van der Waals surface area contributed by atoms with Gasteiger partial charge in [-0.1, -0.05) is 78.6 Å². The zero-order chi connectivity index (χ0) is 15.3. The Morgan fingerprint density at radius 1 is 0.810 bits per heavy atom. The van der Waals surface area contributed by atoms with E-state index < -0.39 is 0 Å². The maximum Gasteiger partial charge on any atom is 0.00671 e. The number of rotatable bonds is 11. The average molecular weight is 296 g/mol. The summed E-state index contributed by atoms with van der Waals surface area (Å²) in [6.45, 7) is 8.35. The van der Waals surface area contributed by atoms with Gasteiger partial charge in [-0.05, 0) is 44.1 Å². The van der Waals surface area contributed by atoms with E-state index >= 15 is 0 Å². The van der Waals surface area contributed by atoms with Crippen LogP contribution in [0.2, 0.25) is 0 Å². The van der Waals surface area contributed by atoms with Crippen LogP contribution in [0.25, 0.3) is 0 Å². The first-order valence-electron chi connectivity index (χ1n) is 9.97. The molecule has 0 saturated heterocycles. The minimum absolute atomic E-state index is 0.818. The molecule has 1 aliphatic rings. The minimum Gasteiger partial charge on any atom is -0.314 e. The van der Waals surface area contributed by atoms with Crippen LogP contribution in [0.4, 0.5) is 0 Å². The molecule has 0 aliphatic heterocycles. The Labute approximate surface area is 134 Å². The van der Waals surface area contributed by atoms with Gasteiger partial charge < -0.3 is 5.32 Å². The molecule has 1 saturated carbocycles. The van der Waals surface area contributed by atoms with Gasteiger partial charge in [0.15, 0.2) is 0 Å². The van der Waals surface area contributed by atoms with E-state index in [1.807, 2.05) is 0 Å².